The van der Waals surface area contributed by atoms with Crippen molar-refractivity contribution in [2.75, 3.05) is 0 Å². The molecule has 0 radical (unpaired) electrons. The Labute approximate surface area is 201 Å². The zero-order valence-electron chi connectivity index (χ0n) is 17.4. The molecule has 0 saturated heterocycles. The highest BCUT2D eigenvalue weighted by Gasteiger charge is 2.18. The van der Waals surface area contributed by atoms with Crippen LogP contribution in [0.25, 0.3) is 0 Å². The quantitative estimate of drug-likeness (QED) is 0.281. The minimum atomic E-state index is -0.335. The Morgan fingerprint density at radius 2 is 1.61 bits per heavy atom. The standard InChI is InChI=1S/C26H19Cl2FN2O2/c27-21-6-3-20(25(28)14-21)17-31(16-18-2-1-13-30-15-18)26(32)19-4-9-23(10-5-19)33-24-11-7-22(29)8-12-24/h1-15H,16-17H2. The SMILES string of the molecule is O=C(c1ccc(Oc2ccc(F)cc2)cc1)N(Cc1cccnc1)Cc1ccc(Cl)cc1Cl. The summed E-state index contributed by atoms with van der Waals surface area (Å²) >= 11 is 12.4. The summed E-state index contributed by atoms with van der Waals surface area (Å²) in [6.07, 6.45) is 3.41. The van der Waals surface area contributed by atoms with Gasteiger partial charge in [0.05, 0.1) is 0 Å². The molecule has 0 bridgehead atoms. The molecule has 1 aromatic heterocycles. The number of hydrogen-bond acceptors (Lipinski definition) is 3. The average molecular weight is 481 g/mol. The van der Waals surface area contributed by atoms with Gasteiger partial charge in [0.2, 0.25) is 0 Å². The molecule has 3 aromatic carbocycles. The van der Waals surface area contributed by atoms with Crippen LogP contribution in [-0.4, -0.2) is 15.8 Å². The number of benzene rings is 3. The Morgan fingerprint density at radius 3 is 2.24 bits per heavy atom. The number of amides is 1. The fourth-order valence-electron chi connectivity index (χ4n) is 3.25. The lowest BCUT2D eigenvalue weighted by Crippen LogP contribution is -2.30. The maximum absolute atomic E-state index is 13.4. The van der Waals surface area contributed by atoms with Gasteiger partial charge in [-0.1, -0.05) is 35.3 Å². The average Bonchev–Trinajstić information content (AvgIpc) is 2.82. The predicted octanol–water partition coefficient (Wildman–Crippen LogP) is 7.16. The summed E-state index contributed by atoms with van der Waals surface area (Å²) < 4.78 is 18.8. The van der Waals surface area contributed by atoms with Crippen molar-refractivity contribution in [1.29, 1.82) is 0 Å². The number of pyridine rings is 1. The smallest absolute Gasteiger partial charge is 0.254 e. The lowest BCUT2D eigenvalue weighted by atomic mass is 10.1. The molecule has 0 aliphatic heterocycles. The Balaban J connectivity index is 1.55. The molecule has 4 rings (SSSR count). The van der Waals surface area contributed by atoms with Gasteiger partial charge in [-0.15, -0.1) is 0 Å². The molecule has 0 fully saturated rings. The molecular weight excluding hydrogens is 462 g/mol. The van der Waals surface area contributed by atoms with Crippen LogP contribution in [0.1, 0.15) is 21.5 Å². The van der Waals surface area contributed by atoms with E-state index in [1.54, 1.807) is 65.8 Å². The van der Waals surface area contributed by atoms with Crippen LogP contribution in [0.3, 0.4) is 0 Å². The molecule has 4 nitrogen and oxygen atoms in total. The highest BCUT2D eigenvalue weighted by molar-refractivity contribution is 6.35. The second-order valence-electron chi connectivity index (χ2n) is 7.34. The topological polar surface area (TPSA) is 42.4 Å². The Bertz CT molecular complexity index is 1230. The third-order valence-corrected chi connectivity index (χ3v) is 5.50. The number of aromatic nitrogens is 1. The minimum Gasteiger partial charge on any atom is -0.457 e. The first-order valence-electron chi connectivity index (χ1n) is 10.1. The Morgan fingerprint density at radius 1 is 0.909 bits per heavy atom. The van der Waals surface area contributed by atoms with Crippen LogP contribution in [0.2, 0.25) is 10.0 Å². The third kappa shape index (κ3) is 6.09. The fraction of sp³-hybridized carbons (Fsp3) is 0.0769. The van der Waals surface area contributed by atoms with Gasteiger partial charge < -0.3 is 9.64 Å². The van der Waals surface area contributed by atoms with E-state index in [9.17, 15) is 9.18 Å². The van der Waals surface area contributed by atoms with Gasteiger partial charge in [0, 0.05) is 41.1 Å². The zero-order chi connectivity index (χ0) is 23.2. The van der Waals surface area contributed by atoms with Crippen LogP contribution in [-0.2, 0) is 13.1 Å². The number of carbonyl (C=O) groups is 1. The first-order valence-corrected chi connectivity index (χ1v) is 10.9. The molecule has 7 heteroatoms. The summed E-state index contributed by atoms with van der Waals surface area (Å²) in [6, 6.07) is 21.5. The van der Waals surface area contributed by atoms with Crippen molar-refractivity contribution in [3.8, 4) is 11.5 Å². The fourth-order valence-corrected chi connectivity index (χ4v) is 3.72. The molecule has 0 aliphatic carbocycles. The number of halogens is 3. The van der Waals surface area contributed by atoms with Gasteiger partial charge in [-0.25, -0.2) is 4.39 Å². The highest BCUT2D eigenvalue weighted by atomic mass is 35.5. The van der Waals surface area contributed by atoms with Gasteiger partial charge >= 0.3 is 0 Å². The van der Waals surface area contributed by atoms with Crippen LogP contribution >= 0.6 is 23.2 Å². The maximum atomic E-state index is 13.4. The molecule has 0 atom stereocenters. The van der Waals surface area contributed by atoms with Gasteiger partial charge in [0.25, 0.3) is 5.91 Å². The molecule has 0 unspecified atom stereocenters. The van der Waals surface area contributed by atoms with E-state index in [0.29, 0.717) is 40.2 Å². The van der Waals surface area contributed by atoms with Crippen molar-refractivity contribution < 1.29 is 13.9 Å². The van der Waals surface area contributed by atoms with E-state index >= 15 is 0 Å². The first kappa shape index (κ1) is 22.8. The summed E-state index contributed by atoms with van der Waals surface area (Å²) in [6.45, 7) is 0.664. The normalized spacial score (nSPS) is 10.6. The van der Waals surface area contributed by atoms with Crippen LogP contribution in [0.15, 0.2) is 91.3 Å². The molecule has 33 heavy (non-hydrogen) atoms. The number of ether oxygens (including phenoxy) is 1. The first-order chi connectivity index (χ1) is 16.0. The molecule has 0 aliphatic rings. The third-order valence-electron chi connectivity index (χ3n) is 4.91. The highest BCUT2D eigenvalue weighted by Crippen LogP contribution is 2.25. The van der Waals surface area contributed by atoms with E-state index in [1.165, 1.54) is 12.1 Å². The van der Waals surface area contributed by atoms with Crippen molar-refractivity contribution in [3.63, 3.8) is 0 Å². The van der Waals surface area contributed by atoms with E-state index in [2.05, 4.69) is 4.98 Å². The number of nitrogens with zero attached hydrogens (tertiary/aromatic N) is 2. The summed E-state index contributed by atoms with van der Waals surface area (Å²) in [5.41, 5.74) is 2.18. The van der Waals surface area contributed by atoms with Gasteiger partial charge in [-0.3, -0.25) is 9.78 Å². The lowest BCUT2D eigenvalue weighted by molar-refractivity contribution is 0.0730. The van der Waals surface area contributed by atoms with Crippen LogP contribution < -0.4 is 4.74 Å². The maximum Gasteiger partial charge on any atom is 0.254 e. The van der Waals surface area contributed by atoms with Crippen LogP contribution in [0.4, 0.5) is 4.39 Å². The Kier molecular flexibility index (Phi) is 7.23. The molecule has 1 amide bonds. The van der Waals surface area contributed by atoms with Crippen molar-refractivity contribution in [2.45, 2.75) is 13.1 Å². The minimum absolute atomic E-state index is 0.168. The molecule has 0 spiro atoms. The van der Waals surface area contributed by atoms with Gasteiger partial charge in [0.15, 0.2) is 0 Å². The van der Waals surface area contributed by atoms with E-state index in [1.807, 2.05) is 18.2 Å². The monoisotopic (exact) mass is 480 g/mol. The largest absolute Gasteiger partial charge is 0.457 e. The second-order valence-corrected chi connectivity index (χ2v) is 8.18. The zero-order valence-corrected chi connectivity index (χ0v) is 18.9. The van der Waals surface area contributed by atoms with Gasteiger partial charge in [0.1, 0.15) is 17.3 Å². The van der Waals surface area contributed by atoms with Gasteiger partial charge in [-0.2, -0.15) is 0 Å². The van der Waals surface area contributed by atoms with E-state index in [4.69, 9.17) is 27.9 Å². The number of rotatable bonds is 7. The second kappa shape index (κ2) is 10.5. The summed E-state index contributed by atoms with van der Waals surface area (Å²) in [5.74, 6) is 0.541. The van der Waals surface area contributed by atoms with Crippen LogP contribution in [0.5, 0.6) is 11.5 Å². The molecule has 0 N–H and O–H groups in total. The summed E-state index contributed by atoms with van der Waals surface area (Å²) in [4.78, 5) is 19.2. The van der Waals surface area contributed by atoms with E-state index in [0.717, 1.165) is 11.1 Å². The van der Waals surface area contributed by atoms with Crippen LogP contribution in [0, 0.1) is 5.82 Å². The molecule has 166 valence electrons. The molecule has 1 heterocycles. The van der Waals surface area contributed by atoms with Crippen molar-refractivity contribution in [1.82, 2.24) is 9.88 Å². The van der Waals surface area contributed by atoms with Crippen molar-refractivity contribution in [3.05, 3.63) is 124 Å². The number of hydrogen-bond donors (Lipinski definition) is 0. The Hall–Kier alpha value is -3.41. The summed E-state index contributed by atoms with van der Waals surface area (Å²) in [7, 11) is 0. The molecule has 4 aromatic rings. The number of carbonyl (C=O) groups excluding carboxylic acids is 1. The van der Waals surface area contributed by atoms with Crippen molar-refractivity contribution in [2.24, 2.45) is 0 Å². The van der Waals surface area contributed by atoms with E-state index < -0.39 is 0 Å². The lowest BCUT2D eigenvalue weighted by Gasteiger charge is -2.24. The van der Waals surface area contributed by atoms with E-state index in [-0.39, 0.29) is 11.7 Å². The predicted molar refractivity (Wildman–Crippen MR) is 127 cm³/mol. The van der Waals surface area contributed by atoms with Crippen molar-refractivity contribution >= 4 is 29.1 Å². The summed E-state index contributed by atoms with van der Waals surface area (Å²) in [5, 5.41) is 1.03. The molecular formula is C26H19Cl2FN2O2. The van der Waals surface area contributed by atoms with Gasteiger partial charge in [-0.05, 0) is 77.9 Å². The molecule has 0 saturated carbocycles.